The molecule has 0 aliphatic carbocycles. The molecule has 0 aliphatic rings. The highest BCUT2D eigenvalue weighted by molar-refractivity contribution is 7.17. The Morgan fingerprint density at radius 3 is 2.44 bits per heavy atom. The molecular formula is C13H13F3OS. The predicted octanol–water partition coefficient (Wildman–Crippen LogP) is 4.23. The number of thiophene rings is 1. The minimum Gasteiger partial charge on any atom is -0.390 e. The number of aliphatic hydroxyl groups is 1. The topological polar surface area (TPSA) is 20.2 Å². The van der Waals surface area contributed by atoms with Gasteiger partial charge in [0.1, 0.15) is 0 Å². The molecule has 0 saturated carbocycles. The van der Waals surface area contributed by atoms with E-state index in [1.54, 1.807) is 25.3 Å². The van der Waals surface area contributed by atoms with Gasteiger partial charge in [0.25, 0.3) is 0 Å². The molecule has 1 nitrogen and oxygen atoms in total. The second kappa shape index (κ2) is 4.24. The van der Waals surface area contributed by atoms with Crippen LogP contribution in [0.4, 0.5) is 13.2 Å². The van der Waals surface area contributed by atoms with Crippen molar-refractivity contribution < 1.29 is 18.3 Å². The Morgan fingerprint density at radius 1 is 1.22 bits per heavy atom. The Labute approximate surface area is 107 Å². The quantitative estimate of drug-likeness (QED) is 0.868. The molecule has 2 rings (SSSR count). The van der Waals surface area contributed by atoms with Gasteiger partial charge in [0.15, 0.2) is 0 Å². The van der Waals surface area contributed by atoms with Crippen LogP contribution in [0, 0.1) is 0 Å². The van der Waals surface area contributed by atoms with E-state index in [1.165, 1.54) is 17.4 Å². The van der Waals surface area contributed by atoms with Crippen molar-refractivity contribution in [1.82, 2.24) is 0 Å². The molecule has 0 unspecified atom stereocenters. The summed E-state index contributed by atoms with van der Waals surface area (Å²) < 4.78 is 39.5. The SMILES string of the molecule is CC(C)(O)Cc1csc2cccc(C(F)(F)F)c12. The largest absolute Gasteiger partial charge is 0.417 e. The van der Waals surface area contributed by atoms with Crippen molar-refractivity contribution in [3.8, 4) is 0 Å². The lowest BCUT2D eigenvalue weighted by Crippen LogP contribution is -2.21. The van der Waals surface area contributed by atoms with Crippen LogP contribution in [-0.2, 0) is 12.6 Å². The lowest BCUT2D eigenvalue weighted by atomic mass is 9.96. The van der Waals surface area contributed by atoms with Gasteiger partial charge in [-0.3, -0.25) is 0 Å². The third-order valence-electron chi connectivity index (χ3n) is 2.60. The van der Waals surface area contributed by atoms with E-state index in [0.29, 0.717) is 10.3 Å². The predicted molar refractivity (Wildman–Crippen MR) is 66.8 cm³/mol. The smallest absolute Gasteiger partial charge is 0.390 e. The number of alkyl halides is 3. The van der Waals surface area contributed by atoms with Gasteiger partial charge in [-0.15, -0.1) is 11.3 Å². The number of benzene rings is 1. The first-order valence-corrected chi connectivity index (χ1v) is 6.35. The molecule has 0 radical (unpaired) electrons. The average Bonchev–Trinajstić information content (AvgIpc) is 2.57. The van der Waals surface area contributed by atoms with Gasteiger partial charge in [-0.2, -0.15) is 13.2 Å². The third-order valence-corrected chi connectivity index (χ3v) is 3.60. The van der Waals surface area contributed by atoms with Crippen LogP contribution in [0.3, 0.4) is 0 Å². The van der Waals surface area contributed by atoms with Crippen LogP contribution in [0.1, 0.15) is 25.0 Å². The maximum absolute atomic E-state index is 13.0. The van der Waals surface area contributed by atoms with Gasteiger partial charge in [-0.25, -0.2) is 0 Å². The Kier molecular flexibility index (Phi) is 3.15. The average molecular weight is 274 g/mol. The molecule has 1 N–H and O–H groups in total. The fraction of sp³-hybridized carbons (Fsp3) is 0.385. The molecule has 98 valence electrons. The van der Waals surface area contributed by atoms with Gasteiger partial charge in [-0.05, 0) is 36.9 Å². The van der Waals surface area contributed by atoms with Crippen molar-refractivity contribution in [3.05, 3.63) is 34.7 Å². The standard InChI is InChI=1S/C13H13F3OS/c1-12(2,17)6-8-7-18-10-5-3-4-9(11(8)10)13(14,15)16/h3-5,7,17H,6H2,1-2H3. The monoisotopic (exact) mass is 274 g/mol. The summed E-state index contributed by atoms with van der Waals surface area (Å²) in [5.74, 6) is 0. The van der Waals surface area contributed by atoms with Gasteiger partial charge < -0.3 is 5.11 Å². The lowest BCUT2D eigenvalue weighted by molar-refractivity contribution is -0.136. The van der Waals surface area contributed by atoms with Crippen molar-refractivity contribution in [2.45, 2.75) is 32.0 Å². The molecule has 1 aromatic carbocycles. The molecule has 0 fully saturated rings. The highest BCUT2D eigenvalue weighted by Gasteiger charge is 2.34. The summed E-state index contributed by atoms with van der Waals surface area (Å²) in [5, 5.41) is 11.7. The molecule has 5 heteroatoms. The summed E-state index contributed by atoms with van der Waals surface area (Å²) in [6.45, 7) is 3.18. The first-order chi connectivity index (χ1) is 8.18. The first kappa shape index (κ1) is 13.4. The minimum atomic E-state index is -4.37. The fourth-order valence-electron chi connectivity index (χ4n) is 1.99. The first-order valence-electron chi connectivity index (χ1n) is 5.47. The maximum Gasteiger partial charge on any atom is 0.417 e. The number of hydrogen-bond donors (Lipinski definition) is 1. The summed E-state index contributed by atoms with van der Waals surface area (Å²) in [6, 6.07) is 4.17. The molecular weight excluding hydrogens is 261 g/mol. The molecule has 0 bridgehead atoms. The van der Waals surface area contributed by atoms with Crippen LogP contribution < -0.4 is 0 Å². The molecule has 1 heterocycles. The molecule has 0 spiro atoms. The Morgan fingerprint density at radius 2 is 1.89 bits per heavy atom. The third kappa shape index (κ3) is 2.67. The second-order valence-electron chi connectivity index (χ2n) is 4.93. The van der Waals surface area contributed by atoms with Gasteiger partial charge in [0, 0.05) is 16.5 Å². The van der Waals surface area contributed by atoms with E-state index in [4.69, 9.17) is 0 Å². The Balaban J connectivity index is 2.63. The summed E-state index contributed by atoms with van der Waals surface area (Å²) in [5.41, 5.74) is -1.09. The van der Waals surface area contributed by atoms with Gasteiger partial charge in [-0.1, -0.05) is 6.07 Å². The van der Waals surface area contributed by atoms with E-state index in [1.807, 2.05) is 0 Å². The summed E-state index contributed by atoms with van der Waals surface area (Å²) >= 11 is 1.27. The molecule has 0 amide bonds. The molecule has 18 heavy (non-hydrogen) atoms. The van der Waals surface area contributed by atoms with Crippen LogP contribution in [0.25, 0.3) is 10.1 Å². The number of halogens is 3. The van der Waals surface area contributed by atoms with E-state index in [-0.39, 0.29) is 11.8 Å². The summed E-state index contributed by atoms with van der Waals surface area (Å²) in [4.78, 5) is 0. The zero-order chi connectivity index (χ0) is 13.6. The molecule has 2 aromatic rings. The van der Waals surface area contributed by atoms with Gasteiger partial charge >= 0.3 is 6.18 Å². The van der Waals surface area contributed by atoms with Gasteiger partial charge in [0.2, 0.25) is 0 Å². The molecule has 0 atom stereocenters. The highest BCUT2D eigenvalue weighted by Crippen LogP contribution is 2.39. The van der Waals surface area contributed by atoms with Crippen molar-refractivity contribution in [2.24, 2.45) is 0 Å². The van der Waals surface area contributed by atoms with Crippen molar-refractivity contribution in [3.63, 3.8) is 0 Å². The van der Waals surface area contributed by atoms with E-state index in [2.05, 4.69) is 0 Å². The second-order valence-corrected chi connectivity index (χ2v) is 5.84. The van der Waals surface area contributed by atoms with Crippen LogP contribution in [0.2, 0.25) is 0 Å². The van der Waals surface area contributed by atoms with Crippen molar-refractivity contribution in [1.29, 1.82) is 0 Å². The Bertz CT molecular complexity index is 564. The normalized spacial score (nSPS) is 13.2. The fourth-order valence-corrected chi connectivity index (χ4v) is 2.97. The van der Waals surface area contributed by atoms with Crippen LogP contribution in [0.15, 0.2) is 23.6 Å². The molecule has 0 aliphatic heterocycles. The zero-order valence-corrected chi connectivity index (χ0v) is 10.8. The number of rotatable bonds is 2. The summed E-state index contributed by atoms with van der Waals surface area (Å²) in [6.07, 6.45) is -4.16. The number of hydrogen-bond acceptors (Lipinski definition) is 2. The molecule has 1 aromatic heterocycles. The number of fused-ring (bicyclic) bond motifs is 1. The lowest BCUT2D eigenvalue weighted by Gasteiger charge is -2.17. The van der Waals surface area contributed by atoms with E-state index < -0.39 is 17.3 Å². The van der Waals surface area contributed by atoms with Crippen LogP contribution >= 0.6 is 11.3 Å². The van der Waals surface area contributed by atoms with Gasteiger partial charge in [0.05, 0.1) is 11.2 Å². The van der Waals surface area contributed by atoms with Crippen LogP contribution in [0.5, 0.6) is 0 Å². The van der Waals surface area contributed by atoms with Crippen molar-refractivity contribution in [2.75, 3.05) is 0 Å². The minimum absolute atomic E-state index is 0.208. The Hall–Kier alpha value is -1.07. The summed E-state index contributed by atoms with van der Waals surface area (Å²) in [7, 11) is 0. The maximum atomic E-state index is 13.0. The molecule has 0 saturated heterocycles. The zero-order valence-electron chi connectivity index (χ0n) is 10.0. The van der Waals surface area contributed by atoms with E-state index >= 15 is 0 Å². The van der Waals surface area contributed by atoms with Crippen molar-refractivity contribution >= 4 is 21.4 Å². The van der Waals surface area contributed by atoms with E-state index in [0.717, 1.165) is 6.07 Å². The highest BCUT2D eigenvalue weighted by atomic mass is 32.1. The van der Waals surface area contributed by atoms with Crippen LogP contribution in [-0.4, -0.2) is 10.7 Å². The van der Waals surface area contributed by atoms with E-state index in [9.17, 15) is 18.3 Å².